The van der Waals surface area contributed by atoms with Crippen molar-refractivity contribution in [3.63, 3.8) is 0 Å². The average molecular weight is 511 g/mol. The van der Waals surface area contributed by atoms with Crippen molar-refractivity contribution >= 4 is 61.3 Å². The molecule has 0 spiro atoms. The van der Waals surface area contributed by atoms with E-state index in [0.29, 0.717) is 34.2 Å². The Morgan fingerprint density at radius 3 is 2.27 bits per heavy atom. The Kier molecular flexibility index (Phi) is 7.73. The number of sulfonamides is 1. The number of benzene rings is 1. The summed E-state index contributed by atoms with van der Waals surface area (Å²) in [6.45, 7) is 2.76. The molecule has 1 aromatic carbocycles. The number of nitrogens with one attached hydrogen (secondary N) is 2. The highest BCUT2D eigenvalue weighted by Crippen LogP contribution is 2.34. The molecule has 33 heavy (non-hydrogen) atoms. The van der Waals surface area contributed by atoms with Crippen molar-refractivity contribution in [2.45, 2.75) is 24.7 Å². The highest BCUT2D eigenvalue weighted by Gasteiger charge is 2.28. The minimum atomic E-state index is -3.50. The van der Waals surface area contributed by atoms with E-state index in [2.05, 4.69) is 10.6 Å². The third-order valence-electron chi connectivity index (χ3n) is 5.18. The summed E-state index contributed by atoms with van der Waals surface area (Å²) in [6.07, 6.45) is 1.74. The van der Waals surface area contributed by atoms with Gasteiger partial charge < -0.3 is 20.3 Å². The average Bonchev–Trinajstić information content (AvgIpc) is 3.42. The van der Waals surface area contributed by atoms with Crippen LogP contribution in [0.4, 0.5) is 10.7 Å². The Morgan fingerprint density at radius 2 is 1.73 bits per heavy atom. The van der Waals surface area contributed by atoms with Crippen molar-refractivity contribution in [3.05, 3.63) is 40.3 Å². The lowest BCUT2D eigenvalue weighted by Gasteiger charge is -2.16. The molecule has 2 aromatic rings. The van der Waals surface area contributed by atoms with Crippen molar-refractivity contribution < 1.29 is 22.7 Å². The number of esters is 1. The molecule has 178 valence electrons. The molecule has 0 radical (unpaired) electrons. The molecule has 2 heterocycles. The third kappa shape index (κ3) is 5.35. The normalized spacial score (nSPS) is 14.1. The van der Waals surface area contributed by atoms with E-state index in [1.807, 2.05) is 0 Å². The molecule has 0 saturated carbocycles. The highest BCUT2D eigenvalue weighted by atomic mass is 32.2. The van der Waals surface area contributed by atoms with Crippen LogP contribution in [0.1, 0.15) is 38.4 Å². The van der Waals surface area contributed by atoms with Gasteiger partial charge in [0.25, 0.3) is 5.91 Å². The number of thiophene rings is 1. The number of hydrogen-bond acceptors (Lipinski definition) is 7. The molecule has 1 aromatic heterocycles. The zero-order chi connectivity index (χ0) is 24.3. The second-order valence-electron chi connectivity index (χ2n) is 7.67. The minimum Gasteiger partial charge on any atom is -0.465 e. The molecule has 1 fully saturated rings. The van der Waals surface area contributed by atoms with Crippen molar-refractivity contribution in [2.24, 2.45) is 0 Å². The maximum absolute atomic E-state index is 12.7. The third-order valence-corrected chi connectivity index (χ3v) is 8.49. The maximum Gasteiger partial charge on any atom is 0.341 e. The number of methoxy groups -OCH3 is 1. The van der Waals surface area contributed by atoms with E-state index < -0.39 is 16.0 Å². The summed E-state index contributed by atoms with van der Waals surface area (Å²) < 4.78 is 31.7. The van der Waals surface area contributed by atoms with Gasteiger partial charge in [0.05, 0.1) is 22.4 Å². The maximum atomic E-state index is 12.7. The summed E-state index contributed by atoms with van der Waals surface area (Å²) >= 11 is 6.48. The molecule has 0 atom stereocenters. The van der Waals surface area contributed by atoms with Gasteiger partial charge in [-0.3, -0.25) is 4.79 Å². The molecule has 1 aliphatic heterocycles. The number of hydrogen-bond donors (Lipinski definition) is 2. The van der Waals surface area contributed by atoms with E-state index in [4.69, 9.17) is 17.0 Å². The van der Waals surface area contributed by atoms with Crippen molar-refractivity contribution in [2.75, 3.05) is 44.9 Å². The van der Waals surface area contributed by atoms with Crippen LogP contribution < -0.4 is 10.6 Å². The van der Waals surface area contributed by atoms with Crippen LogP contribution in [0.5, 0.6) is 0 Å². The standard InChI is InChI=1S/C21H26N4O5S3/c1-13-16(20(27)30-4)18(32-17(13)19(26)24(2)3)23-21(31)22-14-7-9-15(10-8-14)33(28,29)25-11-5-6-12-25/h7-10H,5-6,11-12H2,1-4H3,(H2,22,23,31). The molecule has 9 nitrogen and oxygen atoms in total. The summed E-state index contributed by atoms with van der Waals surface area (Å²) in [5.74, 6) is -0.812. The molecular formula is C21H26N4O5S3. The van der Waals surface area contributed by atoms with Gasteiger partial charge in [0.15, 0.2) is 5.11 Å². The highest BCUT2D eigenvalue weighted by molar-refractivity contribution is 7.89. The van der Waals surface area contributed by atoms with E-state index in [9.17, 15) is 18.0 Å². The molecule has 0 unspecified atom stereocenters. The first-order chi connectivity index (χ1) is 15.6. The smallest absolute Gasteiger partial charge is 0.341 e. The summed E-state index contributed by atoms with van der Waals surface area (Å²) in [5, 5.41) is 6.50. The number of anilines is 2. The molecule has 2 N–H and O–H groups in total. The molecule has 3 rings (SSSR count). The molecular weight excluding hydrogens is 484 g/mol. The van der Waals surface area contributed by atoms with Gasteiger partial charge in [0.1, 0.15) is 5.00 Å². The van der Waals surface area contributed by atoms with Gasteiger partial charge in [0, 0.05) is 32.9 Å². The van der Waals surface area contributed by atoms with Gasteiger partial charge in [-0.1, -0.05) is 0 Å². The number of nitrogens with zero attached hydrogens (tertiary/aromatic N) is 2. The van der Waals surface area contributed by atoms with Gasteiger partial charge in [-0.2, -0.15) is 4.31 Å². The Labute approximate surface area is 202 Å². The van der Waals surface area contributed by atoms with E-state index in [1.54, 1.807) is 33.2 Å². The largest absolute Gasteiger partial charge is 0.465 e. The van der Waals surface area contributed by atoms with E-state index in [0.717, 1.165) is 24.2 Å². The minimum absolute atomic E-state index is 0.181. The van der Waals surface area contributed by atoms with Crippen LogP contribution in [-0.2, 0) is 14.8 Å². The van der Waals surface area contributed by atoms with Crippen molar-refractivity contribution in [1.29, 1.82) is 0 Å². The lowest BCUT2D eigenvalue weighted by Crippen LogP contribution is -2.27. The van der Waals surface area contributed by atoms with Gasteiger partial charge in [0.2, 0.25) is 10.0 Å². The Morgan fingerprint density at radius 1 is 1.12 bits per heavy atom. The van der Waals surface area contributed by atoms with Crippen LogP contribution >= 0.6 is 23.6 Å². The fourth-order valence-electron chi connectivity index (χ4n) is 3.41. The van der Waals surface area contributed by atoms with Crippen LogP contribution in [0.25, 0.3) is 0 Å². The Hall–Kier alpha value is -2.54. The second-order valence-corrected chi connectivity index (χ2v) is 11.0. The summed E-state index contributed by atoms with van der Waals surface area (Å²) in [6, 6.07) is 6.31. The second kappa shape index (κ2) is 10.2. The van der Waals surface area contributed by atoms with Gasteiger partial charge in [-0.25, -0.2) is 13.2 Å². The van der Waals surface area contributed by atoms with E-state index >= 15 is 0 Å². The van der Waals surface area contributed by atoms with Gasteiger partial charge >= 0.3 is 5.97 Å². The lowest BCUT2D eigenvalue weighted by atomic mass is 10.1. The van der Waals surface area contributed by atoms with Gasteiger partial charge in [-0.05, 0) is 61.8 Å². The molecule has 1 aliphatic rings. The number of carbonyl (C=O) groups excluding carboxylic acids is 2. The predicted octanol–water partition coefficient (Wildman–Crippen LogP) is 3.14. The number of carbonyl (C=O) groups is 2. The van der Waals surface area contributed by atoms with E-state index in [1.165, 1.54) is 28.4 Å². The molecule has 1 saturated heterocycles. The van der Waals surface area contributed by atoms with Gasteiger partial charge in [-0.15, -0.1) is 11.3 Å². The summed E-state index contributed by atoms with van der Waals surface area (Å²) in [5.41, 5.74) is 1.32. The predicted molar refractivity (Wildman–Crippen MR) is 133 cm³/mol. The topological polar surface area (TPSA) is 108 Å². The van der Waals surface area contributed by atoms with Crippen LogP contribution in [0.2, 0.25) is 0 Å². The quantitative estimate of drug-likeness (QED) is 0.451. The monoisotopic (exact) mass is 510 g/mol. The number of amides is 1. The van der Waals surface area contributed by atoms with E-state index in [-0.39, 0.29) is 21.5 Å². The first kappa shape index (κ1) is 25.1. The molecule has 0 aliphatic carbocycles. The fraction of sp³-hybridized carbons (Fsp3) is 0.381. The SMILES string of the molecule is COC(=O)c1c(NC(=S)Nc2ccc(S(=O)(=O)N3CCCC3)cc2)sc(C(=O)N(C)C)c1C. The van der Waals surface area contributed by atoms with Crippen LogP contribution in [0.15, 0.2) is 29.2 Å². The number of thiocarbonyl (C=S) groups is 1. The fourth-order valence-corrected chi connectivity index (χ4v) is 6.43. The van der Waals surface area contributed by atoms with Crippen LogP contribution in [0, 0.1) is 6.92 Å². The molecule has 0 bridgehead atoms. The number of rotatable bonds is 6. The Balaban J connectivity index is 1.77. The van der Waals surface area contributed by atoms with Crippen molar-refractivity contribution in [3.8, 4) is 0 Å². The molecule has 1 amide bonds. The zero-order valence-electron chi connectivity index (χ0n) is 18.8. The lowest BCUT2D eigenvalue weighted by molar-refractivity contribution is 0.0601. The first-order valence-corrected chi connectivity index (χ1v) is 12.8. The van der Waals surface area contributed by atoms with Crippen molar-refractivity contribution in [1.82, 2.24) is 9.21 Å². The van der Waals surface area contributed by atoms with Crippen LogP contribution in [0.3, 0.4) is 0 Å². The number of ether oxygens (including phenoxy) is 1. The Bertz CT molecular complexity index is 1170. The summed E-state index contributed by atoms with van der Waals surface area (Å²) in [7, 11) is 1.03. The molecule has 12 heteroatoms. The van der Waals surface area contributed by atoms with Crippen LogP contribution in [-0.4, -0.2) is 68.9 Å². The first-order valence-electron chi connectivity index (χ1n) is 10.2. The summed E-state index contributed by atoms with van der Waals surface area (Å²) in [4.78, 5) is 26.9. The zero-order valence-corrected chi connectivity index (χ0v) is 21.2.